The van der Waals surface area contributed by atoms with Gasteiger partial charge in [-0.2, -0.15) is 0 Å². The van der Waals surface area contributed by atoms with Crippen LogP contribution in [0.4, 0.5) is 0 Å². The summed E-state index contributed by atoms with van der Waals surface area (Å²) in [6, 6.07) is 25.6. The predicted molar refractivity (Wildman–Crippen MR) is 107 cm³/mol. The molecule has 0 bridgehead atoms. The molecule has 0 saturated carbocycles. The van der Waals surface area contributed by atoms with E-state index < -0.39 is 0 Å². The minimum atomic E-state index is -0.0437. The van der Waals surface area contributed by atoms with Gasteiger partial charge in [0.2, 0.25) is 5.91 Å². The fourth-order valence-corrected chi connectivity index (χ4v) is 2.74. The number of rotatable bonds is 4. The van der Waals surface area contributed by atoms with E-state index in [1.165, 1.54) is 5.56 Å². The molecule has 3 aromatic carbocycles. The number of nitrogens with one attached hydrogen (secondary N) is 1. The molecule has 0 aliphatic heterocycles. The summed E-state index contributed by atoms with van der Waals surface area (Å²) in [6.45, 7) is 0.313. The average molecular weight is 360 g/mol. The molecule has 0 spiro atoms. The Bertz CT molecular complexity index is 937. The van der Waals surface area contributed by atoms with Crippen molar-refractivity contribution < 1.29 is 4.79 Å². The van der Waals surface area contributed by atoms with Gasteiger partial charge in [-0.25, -0.2) is 0 Å². The van der Waals surface area contributed by atoms with Crippen LogP contribution in [0.3, 0.4) is 0 Å². The summed E-state index contributed by atoms with van der Waals surface area (Å²) in [6.07, 6.45) is 0.341. The monoisotopic (exact) mass is 359 g/mol. The minimum absolute atomic E-state index is 0.0437. The molecule has 0 unspecified atom stereocenters. The topological polar surface area (TPSA) is 29.1 Å². The van der Waals surface area contributed by atoms with Crippen molar-refractivity contribution >= 4 is 17.5 Å². The number of hydrogen-bond acceptors (Lipinski definition) is 1. The summed E-state index contributed by atoms with van der Waals surface area (Å²) in [7, 11) is 0. The van der Waals surface area contributed by atoms with Gasteiger partial charge in [-0.1, -0.05) is 84.1 Å². The average Bonchev–Trinajstić information content (AvgIpc) is 2.67. The maximum absolute atomic E-state index is 12.0. The van der Waals surface area contributed by atoms with Gasteiger partial charge in [-0.3, -0.25) is 4.79 Å². The molecular weight excluding hydrogens is 342 g/mol. The lowest BCUT2D eigenvalue weighted by molar-refractivity contribution is -0.120. The van der Waals surface area contributed by atoms with E-state index in [9.17, 15) is 4.79 Å². The number of benzene rings is 3. The molecule has 1 N–H and O–H groups in total. The Morgan fingerprint density at radius 3 is 2.35 bits per heavy atom. The molecule has 1 amide bonds. The Morgan fingerprint density at radius 2 is 1.62 bits per heavy atom. The molecule has 0 aliphatic rings. The number of carbonyl (C=O) groups excluding carboxylic acids is 1. The molecule has 0 aromatic heterocycles. The smallest absolute Gasteiger partial charge is 0.225 e. The molecule has 0 radical (unpaired) electrons. The highest BCUT2D eigenvalue weighted by Crippen LogP contribution is 2.19. The third kappa shape index (κ3) is 5.24. The standard InChI is InChI=1S/C23H18ClNO/c24-22-10-4-6-18(16-22)7-5-15-25-23(26)17-19-11-13-21(14-12-19)20-8-2-1-3-9-20/h1-4,6,8-14,16H,15,17H2,(H,25,26). The molecule has 26 heavy (non-hydrogen) atoms. The molecule has 3 rings (SSSR count). The van der Waals surface area contributed by atoms with Crippen molar-refractivity contribution in [3.63, 3.8) is 0 Å². The first-order valence-corrected chi connectivity index (χ1v) is 8.74. The van der Waals surface area contributed by atoms with Crippen LogP contribution < -0.4 is 5.32 Å². The second kappa shape index (κ2) is 8.89. The van der Waals surface area contributed by atoms with E-state index in [-0.39, 0.29) is 5.91 Å². The van der Waals surface area contributed by atoms with Gasteiger partial charge in [0.25, 0.3) is 0 Å². The second-order valence-electron chi connectivity index (χ2n) is 5.83. The van der Waals surface area contributed by atoms with Gasteiger partial charge >= 0.3 is 0 Å². The van der Waals surface area contributed by atoms with Crippen LogP contribution in [0.1, 0.15) is 11.1 Å². The van der Waals surface area contributed by atoms with Crippen LogP contribution in [0.25, 0.3) is 11.1 Å². The lowest BCUT2D eigenvalue weighted by atomic mass is 10.0. The maximum Gasteiger partial charge on any atom is 0.225 e. The summed E-state index contributed by atoms with van der Waals surface area (Å²) >= 11 is 5.91. The summed E-state index contributed by atoms with van der Waals surface area (Å²) in [5.41, 5.74) is 4.12. The lowest BCUT2D eigenvalue weighted by Crippen LogP contribution is -2.25. The molecule has 3 aromatic rings. The number of halogens is 1. The fraction of sp³-hybridized carbons (Fsp3) is 0.0870. The van der Waals surface area contributed by atoms with E-state index in [0.717, 1.165) is 16.7 Å². The fourth-order valence-electron chi connectivity index (χ4n) is 2.55. The van der Waals surface area contributed by atoms with Crippen LogP contribution >= 0.6 is 11.6 Å². The molecular formula is C23H18ClNO. The lowest BCUT2D eigenvalue weighted by Gasteiger charge is -2.05. The molecule has 2 nitrogen and oxygen atoms in total. The Hall–Kier alpha value is -3.02. The zero-order valence-corrected chi connectivity index (χ0v) is 15.0. The Kier molecular flexibility index (Phi) is 6.09. The molecule has 3 heteroatoms. The summed E-state index contributed by atoms with van der Waals surface area (Å²) < 4.78 is 0. The molecule has 0 saturated heterocycles. The normalized spacial score (nSPS) is 9.88. The predicted octanol–water partition coefficient (Wildman–Crippen LogP) is 4.72. The summed E-state index contributed by atoms with van der Waals surface area (Å²) in [5, 5.41) is 3.47. The Labute approximate surface area is 158 Å². The van der Waals surface area contributed by atoms with Crippen molar-refractivity contribution in [3.05, 3.63) is 95.0 Å². The van der Waals surface area contributed by atoms with E-state index in [4.69, 9.17) is 11.6 Å². The Morgan fingerprint density at radius 1 is 0.885 bits per heavy atom. The highest BCUT2D eigenvalue weighted by Gasteiger charge is 2.03. The molecule has 0 aliphatic carbocycles. The Balaban J connectivity index is 1.51. The van der Waals surface area contributed by atoms with Crippen LogP contribution in [0.15, 0.2) is 78.9 Å². The number of carbonyl (C=O) groups is 1. The van der Waals surface area contributed by atoms with Crippen molar-refractivity contribution in [1.82, 2.24) is 5.32 Å². The van der Waals surface area contributed by atoms with E-state index >= 15 is 0 Å². The molecule has 128 valence electrons. The van der Waals surface area contributed by atoms with E-state index in [1.54, 1.807) is 12.1 Å². The van der Waals surface area contributed by atoms with Crippen molar-refractivity contribution in [2.24, 2.45) is 0 Å². The first-order chi connectivity index (χ1) is 12.7. The zero-order valence-electron chi connectivity index (χ0n) is 14.2. The van der Waals surface area contributed by atoms with Gasteiger partial charge in [0.15, 0.2) is 0 Å². The summed E-state index contributed by atoms with van der Waals surface area (Å²) in [4.78, 5) is 12.0. The van der Waals surface area contributed by atoms with Gasteiger partial charge in [0.05, 0.1) is 13.0 Å². The SMILES string of the molecule is O=C(Cc1ccc(-c2ccccc2)cc1)NCC#Cc1cccc(Cl)c1. The van der Waals surface area contributed by atoms with E-state index in [1.807, 2.05) is 54.6 Å². The third-order valence-corrected chi connectivity index (χ3v) is 4.09. The van der Waals surface area contributed by atoms with Gasteiger partial charge in [-0.05, 0) is 34.9 Å². The van der Waals surface area contributed by atoms with Crippen LogP contribution in [0, 0.1) is 11.8 Å². The van der Waals surface area contributed by atoms with Crippen molar-refractivity contribution in [1.29, 1.82) is 0 Å². The van der Waals surface area contributed by atoms with Crippen molar-refractivity contribution in [3.8, 4) is 23.0 Å². The maximum atomic E-state index is 12.0. The van der Waals surface area contributed by atoms with E-state index in [2.05, 4.69) is 29.3 Å². The van der Waals surface area contributed by atoms with Crippen molar-refractivity contribution in [2.45, 2.75) is 6.42 Å². The van der Waals surface area contributed by atoms with Crippen molar-refractivity contribution in [2.75, 3.05) is 6.54 Å². The zero-order chi connectivity index (χ0) is 18.2. The van der Waals surface area contributed by atoms with Crippen LogP contribution in [-0.2, 0) is 11.2 Å². The van der Waals surface area contributed by atoms with Crippen LogP contribution in [0.2, 0.25) is 5.02 Å². The highest BCUT2D eigenvalue weighted by atomic mass is 35.5. The van der Waals surface area contributed by atoms with Gasteiger partial charge in [0.1, 0.15) is 0 Å². The third-order valence-electron chi connectivity index (χ3n) is 3.86. The minimum Gasteiger partial charge on any atom is -0.345 e. The number of amides is 1. The van der Waals surface area contributed by atoms with Crippen LogP contribution in [0.5, 0.6) is 0 Å². The molecule has 0 heterocycles. The van der Waals surface area contributed by atoms with E-state index in [0.29, 0.717) is 18.0 Å². The van der Waals surface area contributed by atoms with Gasteiger partial charge in [0, 0.05) is 10.6 Å². The second-order valence-corrected chi connectivity index (χ2v) is 6.27. The molecule has 0 atom stereocenters. The first kappa shape index (κ1) is 17.8. The largest absolute Gasteiger partial charge is 0.345 e. The number of hydrogen-bond donors (Lipinski definition) is 1. The van der Waals surface area contributed by atoms with Gasteiger partial charge in [-0.15, -0.1) is 0 Å². The quantitative estimate of drug-likeness (QED) is 0.671. The molecule has 0 fully saturated rings. The van der Waals surface area contributed by atoms with Gasteiger partial charge < -0.3 is 5.32 Å². The summed E-state index contributed by atoms with van der Waals surface area (Å²) in [5.74, 6) is 5.87. The first-order valence-electron chi connectivity index (χ1n) is 8.36. The van der Waals surface area contributed by atoms with Crippen LogP contribution in [-0.4, -0.2) is 12.5 Å². The highest BCUT2D eigenvalue weighted by molar-refractivity contribution is 6.30.